The average Bonchev–Trinajstić information content (AvgIpc) is 2.69. The van der Waals surface area contributed by atoms with Crippen molar-refractivity contribution in [2.45, 2.75) is 18.8 Å². The van der Waals surface area contributed by atoms with Crippen LogP contribution in [0.15, 0.2) is 54.6 Å². The highest BCUT2D eigenvalue weighted by Crippen LogP contribution is 2.29. The maximum Gasteiger partial charge on any atom is 0.314 e. The Labute approximate surface area is 158 Å². The first kappa shape index (κ1) is 18.9. The molecular formula is C21H24N2O4. The lowest BCUT2D eigenvalue weighted by Gasteiger charge is -2.29. The van der Waals surface area contributed by atoms with Crippen LogP contribution < -0.4 is 10.2 Å². The Morgan fingerprint density at radius 1 is 1.11 bits per heavy atom. The molecule has 2 aromatic rings. The summed E-state index contributed by atoms with van der Waals surface area (Å²) in [4.78, 5) is 26.7. The molecule has 3 rings (SSSR count). The molecule has 0 spiro atoms. The molecule has 6 nitrogen and oxygen atoms in total. The molecule has 0 saturated carbocycles. The highest BCUT2D eigenvalue weighted by atomic mass is 16.5. The second-order valence-corrected chi connectivity index (χ2v) is 6.88. The van der Waals surface area contributed by atoms with E-state index in [1.165, 1.54) is 0 Å². The third kappa shape index (κ3) is 4.46. The van der Waals surface area contributed by atoms with E-state index in [2.05, 4.69) is 10.2 Å². The average molecular weight is 368 g/mol. The van der Waals surface area contributed by atoms with Crippen molar-refractivity contribution < 1.29 is 19.4 Å². The van der Waals surface area contributed by atoms with Crippen molar-refractivity contribution in [1.29, 1.82) is 0 Å². The van der Waals surface area contributed by atoms with Crippen LogP contribution >= 0.6 is 0 Å². The zero-order chi connectivity index (χ0) is 19.3. The first-order valence-electron chi connectivity index (χ1n) is 9.00. The Hall–Kier alpha value is -2.86. The number of carbonyl (C=O) groups is 2. The summed E-state index contributed by atoms with van der Waals surface area (Å²) in [6.45, 7) is 4.56. The minimum atomic E-state index is -1.28. The molecule has 0 aromatic heterocycles. The molecule has 1 fully saturated rings. The van der Waals surface area contributed by atoms with Gasteiger partial charge in [0.15, 0.2) is 0 Å². The zero-order valence-electron chi connectivity index (χ0n) is 15.4. The van der Waals surface area contributed by atoms with E-state index >= 15 is 0 Å². The molecule has 1 saturated heterocycles. The SMILES string of the molecule is C[C@](CC(=O)Nc1cccc(N2CCOCC2)c1)(C(=O)O)c1ccccc1. The van der Waals surface area contributed by atoms with Crippen LogP contribution in [0.3, 0.4) is 0 Å². The number of anilines is 2. The van der Waals surface area contributed by atoms with E-state index in [0.717, 1.165) is 18.8 Å². The quantitative estimate of drug-likeness (QED) is 0.820. The van der Waals surface area contributed by atoms with Gasteiger partial charge in [0.05, 0.1) is 18.6 Å². The van der Waals surface area contributed by atoms with Crippen molar-refractivity contribution in [1.82, 2.24) is 0 Å². The van der Waals surface area contributed by atoms with E-state index in [-0.39, 0.29) is 12.3 Å². The molecule has 0 radical (unpaired) electrons. The van der Waals surface area contributed by atoms with Crippen LogP contribution in [0.2, 0.25) is 0 Å². The fraction of sp³-hybridized carbons (Fsp3) is 0.333. The number of carboxylic acid groups (broad SMARTS) is 1. The van der Waals surface area contributed by atoms with Gasteiger partial charge >= 0.3 is 5.97 Å². The van der Waals surface area contributed by atoms with Crippen molar-refractivity contribution in [3.05, 3.63) is 60.2 Å². The molecule has 2 aromatic carbocycles. The van der Waals surface area contributed by atoms with Gasteiger partial charge in [-0.2, -0.15) is 0 Å². The number of ether oxygens (including phenoxy) is 1. The summed E-state index contributed by atoms with van der Waals surface area (Å²) in [6.07, 6.45) is -0.145. The number of nitrogens with zero attached hydrogens (tertiary/aromatic N) is 1. The molecule has 1 atom stereocenters. The maximum absolute atomic E-state index is 12.6. The third-order valence-electron chi connectivity index (χ3n) is 4.90. The van der Waals surface area contributed by atoms with Crippen LogP contribution in [-0.4, -0.2) is 43.3 Å². The number of hydrogen-bond acceptors (Lipinski definition) is 4. The highest BCUT2D eigenvalue weighted by molar-refractivity contribution is 5.96. The predicted octanol–water partition coefficient (Wildman–Crippen LogP) is 2.89. The van der Waals surface area contributed by atoms with Gasteiger partial charge in [0, 0.05) is 30.9 Å². The smallest absolute Gasteiger partial charge is 0.314 e. The van der Waals surface area contributed by atoms with Gasteiger partial charge in [-0.05, 0) is 30.7 Å². The summed E-state index contributed by atoms with van der Waals surface area (Å²) in [6, 6.07) is 16.4. The minimum Gasteiger partial charge on any atom is -0.481 e. The molecule has 6 heteroatoms. The largest absolute Gasteiger partial charge is 0.481 e. The number of nitrogens with one attached hydrogen (secondary N) is 1. The van der Waals surface area contributed by atoms with Crippen LogP contribution in [-0.2, 0) is 19.7 Å². The van der Waals surface area contributed by atoms with Crippen LogP contribution in [0.1, 0.15) is 18.9 Å². The van der Waals surface area contributed by atoms with E-state index in [4.69, 9.17) is 4.74 Å². The van der Waals surface area contributed by atoms with Gasteiger partial charge in [-0.1, -0.05) is 36.4 Å². The number of benzene rings is 2. The van der Waals surface area contributed by atoms with Crippen molar-refractivity contribution in [2.75, 3.05) is 36.5 Å². The number of carbonyl (C=O) groups excluding carboxylic acids is 1. The molecule has 2 N–H and O–H groups in total. The Morgan fingerprint density at radius 3 is 2.48 bits per heavy atom. The Kier molecular flexibility index (Phi) is 5.76. The molecule has 1 heterocycles. The molecule has 1 aliphatic heterocycles. The van der Waals surface area contributed by atoms with E-state index in [1.807, 2.05) is 30.3 Å². The van der Waals surface area contributed by atoms with Crippen LogP contribution in [0.5, 0.6) is 0 Å². The first-order chi connectivity index (χ1) is 13.0. The van der Waals surface area contributed by atoms with E-state index in [1.54, 1.807) is 31.2 Å². The zero-order valence-corrected chi connectivity index (χ0v) is 15.4. The molecule has 0 unspecified atom stereocenters. The minimum absolute atomic E-state index is 0.145. The molecule has 1 aliphatic rings. The normalized spacial score (nSPS) is 16.4. The molecule has 0 aliphatic carbocycles. The van der Waals surface area contributed by atoms with Crippen molar-refractivity contribution >= 4 is 23.3 Å². The predicted molar refractivity (Wildman–Crippen MR) is 104 cm³/mol. The number of amides is 1. The number of rotatable bonds is 6. The van der Waals surface area contributed by atoms with Gasteiger partial charge in [-0.25, -0.2) is 0 Å². The van der Waals surface area contributed by atoms with Gasteiger partial charge in [0.25, 0.3) is 0 Å². The van der Waals surface area contributed by atoms with Gasteiger partial charge < -0.3 is 20.1 Å². The summed E-state index contributed by atoms with van der Waals surface area (Å²) in [5, 5.41) is 12.6. The lowest BCUT2D eigenvalue weighted by molar-refractivity contribution is -0.145. The van der Waals surface area contributed by atoms with Gasteiger partial charge in [0.1, 0.15) is 0 Å². The number of aliphatic carboxylic acids is 1. The van der Waals surface area contributed by atoms with Crippen molar-refractivity contribution in [3.63, 3.8) is 0 Å². The topological polar surface area (TPSA) is 78.9 Å². The Bertz CT molecular complexity index is 803. The molecule has 1 amide bonds. The number of hydrogen-bond donors (Lipinski definition) is 2. The van der Waals surface area contributed by atoms with Crippen molar-refractivity contribution in [3.8, 4) is 0 Å². The van der Waals surface area contributed by atoms with Gasteiger partial charge in [-0.3, -0.25) is 9.59 Å². The Morgan fingerprint density at radius 2 is 1.81 bits per heavy atom. The fourth-order valence-corrected chi connectivity index (χ4v) is 3.24. The lowest BCUT2D eigenvalue weighted by Crippen LogP contribution is -2.37. The number of morpholine rings is 1. The van der Waals surface area contributed by atoms with Crippen LogP contribution in [0.25, 0.3) is 0 Å². The van der Waals surface area contributed by atoms with E-state index < -0.39 is 11.4 Å². The van der Waals surface area contributed by atoms with Crippen LogP contribution in [0.4, 0.5) is 11.4 Å². The van der Waals surface area contributed by atoms with E-state index in [9.17, 15) is 14.7 Å². The summed E-state index contributed by atoms with van der Waals surface area (Å²) < 4.78 is 5.37. The third-order valence-corrected chi connectivity index (χ3v) is 4.90. The van der Waals surface area contributed by atoms with Crippen molar-refractivity contribution in [2.24, 2.45) is 0 Å². The standard InChI is InChI=1S/C21H24N2O4/c1-21(20(25)26,16-6-3-2-4-7-16)15-19(24)22-17-8-5-9-18(14-17)23-10-12-27-13-11-23/h2-9,14H,10-13,15H2,1H3,(H,22,24)(H,25,26)/t21-/m1/s1. The maximum atomic E-state index is 12.6. The number of carboxylic acids is 1. The Balaban J connectivity index is 1.72. The second-order valence-electron chi connectivity index (χ2n) is 6.88. The summed E-state index contributed by atoms with van der Waals surface area (Å²) in [7, 11) is 0. The molecule has 142 valence electrons. The lowest BCUT2D eigenvalue weighted by atomic mass is 9.79. The second kappa shape index (κ2) is 8.22. The summed E-state index contributed by atoms with van der Waals surface area (Å²) in [5.41, 5.74) is 0.993. The summed E-state index contributed by atoms with van der Waals surface area (Å²) in [5.74, 6) is -1.35. The van der Waals surface area contributed by atoms with Gasteiger partial charge in [0.2, 0.25) is 5.91 Å². The highest BCUT2D eigenvalue weighted by Gasteiger charge is 2.37. The molecule has 27 heavy (non-hydrogen) atoms. The molecular weight excluding hydrogens is 344 g/mol. The summed E-state index contributed by atoms with van der Waals surface area (Å²) >= 11 is 0. The van der Waals surface area contributed by atoms with Gasteiger partial charge in [-0.15, -0.1) is 0 Å². The monoisotopic (exact) mass is 368 g/mol. The molecule has 0 bridgehead atoms. The van der Waals surface area contributed by atoms with Crippen LogP contribution in [0, 0.1) is 0 Å². The first-order valence-corrected chi connectivity index (χ1v) is 9.00. The fourth-order valence-electron chi connectivity index (χ4n) is 3.24. The van der Waals surface area contributed by atoms with E-state index in [0.29, 0.717) is 24.5 Å².